The molecule has 2 aliphatic rings. The van der Waals surface area contributed by atoms with Gasteiger partial charge in [-0.2, -0.15) is 4.31 Å². The molecule has 4 rings (SSSR count). The van der Waals surface area contributed by atoms with E-state index < -0.39 is 10.0 Å². The molecule has 2 aromatic carbocycles. The summed E-state index contributed by atoms with van der Waals surface area (Å²) < 4.78 is 27.1. The van der Waals surface area contributed by atoms with Gasteiger partial charge in [0.1, 0.15) is 0 Å². The molecule has 6 nitrogen and oxygen atoms in total. The Hall–Kier alpha value is -2.22. The Kier molecular flexibility index (Phi) is 6.74. The van der Waals surface area contributed by atoms with Gasteiger partial charge in [0.25, 0.3) is 5.91 Å². The number of hydrogen-bond acceptors (Lipinski definition) is 4. The smallest absolute Gasteiger partial charge is 0.255 e. The second-order valence-corrected chi connectivity index (χ2v) is 10.5. The average molecular weight is 442 g/mol. The summed E-state index contributed by atoms with van der Waals surface area (Å²) in [5.41, 5.74) is 2.27. The highest BCUT2D eigenvalue weighted by Gasteiger charge is 2.27. The van der Waals surface area contributed by atoms with Crippen molar-refractivity contribution in [2.24, 2.45) is 0 Å². The number of likely N-dealkylation sites (tertiary alicyclic amines) is 1. The normalized spacial score (nSPS) is 20.6. The average Bonchev–Trinajstić information content (AvgIpc) is 3.33. The van der Waals surface area contributed by atoms with Gasteiger partial charge >= 0.3 is 0 Å². The first-order valence-electron chi connectivity index (χ1n) is 11.2. The molecule has 2 heterocycles. The third-order valence-electron chi connectivity index (χ3n) is 6.34. The van der Waals surface area contributed by atoms with E-state index in [4.69, 9.17) is 0 Å². The first kappa shape index (κ1) is 22.0. The van der Waals surface area contributed by atoms with E-state index >= 15 is 0 Å². The maximum absolute atomic E-state index is 12.8. The lowest BCUT2D eigenvalue weighted by molar-refractivity contribution is 0.102. The molecule has 0 bridgehead atoms. The first-order chi connectivity index (χ1) is 14.9. The lowest BCUT2D eigenvalue weighted by Gasteiger charge is -2.33. The maximum Gasteiger partial charge on any atom is 0.255 e. The zero-order valence-electron chi connectivity index (χ0n) is 18.1. The third kappa shape index (κ3) is 5.17. The van der Waals surface area contributed by atoms with Gasteiger partial charge in [-0.05, 0) is 75.0 Å². The van der Waals surface area contributed by atoms with Crippen LogP contribution < -0.4 is 5.32 Å². The first-order valence-corrected chi connectivity index (χ1v) is 12.6. The zero-order valence-corrected chi connectivity index (χ0v) is 18.9. The van der Waals surface area contributed by atoms with E-state index in [9.17, 15) is 13.2 Å². The number of sulfonamides is 1. The molecule has 0 saturated carbocycles. The van der Waals surface area contributed by atoms with Crippen molar-refractivity contribution in [1.29, 1.82) is 0 Å². The molecule has 2 aliphatic heterocycles. The number of anilines is 1. The van der Waals surface area contributed by atoms with E-state index in [1.807, 2.05) is 24.3 Å². The molecule has 0 radical (unpaired) electrons. The highest BCUT2D eigenvalue weighted by Crippen LogP contribution is 2.23. The summed E-state index contributed by atoms with van der Waals surface area (Å²) >= 11 is 0. The second-order valence-electron chi connectivity index (χ2n) is 8.61. The van der Waals surface area contributed by atoms with Gasteiger partial charge in [-0.1, -0.05) is 24.6 Å². The quantitative estimate of drug-likeness (QED) is 0.733. The van der Waals surface area contributed by atoms with Crippen molar-refractivity contribution in [1.82, 2.24) is 9.21 Å². The van der Waals surface area contributed by atoms with Crippen LogP contribution in [-0.4, -0.2) is 49.2 Å². The van der Waals surface area contributed by atoms with Crippen LogP contribution in [0.4, 0.5) is 5.69 Å². The van der Waals surface area contributed by atoms with E-state index in [-0.39, 0.29) is 10.8 Å². The number of nitrogens with one attached hydrogen (secondary N) is 1. The molecule has 0 unspecified atom stereocenters. The summed E-state index contributed by atoms with van der Waals surface area (Å²) in [6.45, 7) is 5.43. The van der Waals surface area contributed by atoms with Gasteiger partial charge in [0.05, 0.1) is 4.90 Å². The largest absolute Gasteiger partial charge is 0.322 e. The van der Waals surface area contributed by atoms with Crippen LogP contribution in [0.15, 0.2) is 53.4 Å². The Balaban J connectivity index is 1.41. The van der Waals surface area contributed by atoms with Gasteiger partial charge < -0.3 is 5.32 Å². The summed E-state index contributed by atoms with van der Waals surface area (Å²) in [6.07, 6.45) is 5.58. The van der Waals surface area contributed by atoms with Crippen molar-refractivity contribution in [3.05, 3.63) is 59.7 Å². The number of carbonyl (C=O) groups excluding carboxylic acids is 1. The van der Waals surface area contributed by atoms with Crippen LogP contribution in [0.2, 0.25) is 0 Å². The maximum atomic E-state index is 12.8. The Labute approximate surface area is 185 Å². The highest BCUT2D eigenvalue weighted by atomic mass is 32.2. The fourth-order valence-corrected chi connectivity index (χ4v) is 5.96. The predicted molar refractivity (Wildman–Crippen MR) is 123 cm³/mol. The van der Waals surface area contributed by atoms with Crippen molar-refractivity contribution in [2.75, 3.05) is 25.0 Å². The second kappa shape index (κ2) is 9.51. The summed E-state index contributed by atoms with van der Waals surface area (Å²) in [5.74, 6) is -0.309. The summed E-state index contributed by atoms with van der Waals surface area (Å²) in [5, 5.41) is 2.89. The topological polar surface area (TPSA) is 69.7 Å². The van der Waals surface area contributed by atoms with Crippen molar-refractivity contribution in [3.63, 3.8) is 0 Å². The van der Waals surface area contributed by atoms with Crippen LogP contribution in [0.25, 0.3) is 0 Å². The number of carbonyl (C=O) groups is 1. The molecule has 166 valence electrons. The van der Waals surface area contributed by atoms with Crippen LogP contribution in [0.3, 0.4) is 0 Å². The zero-order chi connectivity index (χ0) is 21.8. The van der Waals surface area contributed by atoms with Gasteiger partial charge in [0.15, 0.2) is 0 Å². The number of benzene rings is 2. The van der Waals surface area contributed by atoms with Crippen LogP contribution in [0.5, 0.6) is 0 Å². The van der Waals surface area contributed by atoms with Crippen LogP contribution in [-0.2, 0) is 16.6 Å². The van der Waals surface area contributed by atoms with Gasteiger partial charge in [0, 0.05) is 36.9 Å². The molecule has 1 amide bonds. The molecule has 0 aliphatic carbocycles. The fourth-order valence-electron chi connectivity index (χ4n) is 4.40. The van der Waals surface area contributed by atoms with E-state index in [1.165, 1.54) is 35.2 Å². The fraction of sp³-hybridized carbons (Fsp3) is 0.458. The summed E-state index contributed by atoms with van der Waals surface area (Å²) in [6, 6.07) is 14.8. The molecular formula is C24H31N3O3S. The van der Waals surface area contributed by atoms with E-state index in [2.05, 4.69) is 17.1 Å². The number of rotatable bonds is 6. The molecule has 2 fully saturated rings. The molecule has 2 aromatic rings. The van der Waals surface area contributed by atoms with Crippen molar-refractivity contribution in [2.45, 2.75) is 56.5 Å². The predicted octanol–water partition coefficient (Wildman–Crippen LogP) is 4.10. The lowest BCUT2D eigenvalue weighted by atomic mass is 10.0. The van der Waals surface area contributed by atoms with Crippen LogP contribution in [0, 0.1) is 0 Å². The summed E-state index contributed by atoms with van der Waals surface area (Å²) in [7, 11) is -3.54. The Morgan fingerprint density at radius 3 is 2.42 bits per heavy atom. The van der Waals surface area contributed by atoms with Gasteiger partial charge in [-0.25, -0.2) is 8.42 Å². The van der Waals surface area contributed by atoms with Gasteiger partial charge in [-0.3, -0.25) is 9.69 Å². The summed E-state index contributed by atoms with van der Waals surface area (Å²) in [4.78, 5) is 15.4. The van der Waals surface area contributed by atoms with Gasteiger partial charge in [0.2, 0.25) is 10.0 Å². The SMILES string of the molecule is C[C@H]1CCCCN1Cc1ccc(NC(=O)c2cccc(S(=O)(=O)N3CCCC3)c2)cc1. The number of nitrogens with zero attached hydrogens (tertiary/aromatic N) is 2. The minimum atomic E-state index is -3.54. The van der Waals surface area contributed by atoms with Crippen molar-refractivity contribution >= 4 is 21.6 Å². The molecule has 0 aromatic heterocycles. The van der Waals surface area contributed by atoms with Crippen LogP contribution >= 0.6 is 0 Å². The van der Waals surface area contributed by atoms with Crippen LogP contribution in [0.1, 0.15) is 54.9 Å². The highest BCUT2D eigenvalue weighted by molar-refractivity contribution is 7.89. The molecule has 7 heteroatoms. The van der Waals surface area contributed by atoms with E-state index in [0.29, 0.717) is 30.4 Å². The number of piperidine rings is 1. The Bertz CT molecular complexity index is 1010. The monoisotopic (exact) mass is 441 g/mol. The molecule has 31 heavy (non-hydrogen) atoms. The van der Waals surface area contributed by atoms with Crippen molar-refractivity contribution < 1.29 is 13.2 Å². The van der Waals surface area contributed by atoms with E-state index in [0.717, 1.165) is 25.9 Å². The minimum Gasteiger partial charge on any atom is -0.322 e. The Morgan fingerprint density at radius 2 is 1.71 bits per heavy atom. The standard InChI is InChI=1S/C24H31N3O3S/c1-19-7-2-3-14-26(19)18-20-10-12-22(13-11-20)25-24(28)21-8-6-9-23(17-21)31(29,30)27-15-4-5-16-27/h6,8-13,17,19H,2-5,7,14-16,18H2,1H3,(H,25,28)/t19-/m0/s1. The van der Waals surface area contributed by atoms with Gasteiger partial charge in [-0.15, -0.1) is 0 Å². The molecular weight excluding hydrogens is 410 g/mol. The molecule has 2 saturated heterocycles. The third-order valence-corrected chi connectivity index (χ3v) is 8.23. The molecule has 1 N–H and O–H groups in total. The Morgan fingerprint density at radius 1 is 1.00 bits per heavy atom. The number of hydrogen-bond donors (Lipinski definition) is 1. The molecule has 1 atom stereocenters. The molecule has 0 spiro atoms. The lowest BCUT2D eigenvalue weighted by Crippen LogP contribution is -2.36. The minimum absolute atomic E-state index is 0.174. The number of amides is 1. The van der Waals surface area contributed by atoms with Crippen molar-refractivity contribution in [3.8, 4) is 0 Å². The van der Waals surface area contributed by atoms with E-state index in [1.54, 1.807) is 18.2 Å².